The molecule has 4 aromatic rings. The molecule has 2 heterocycles. The summed E-state index contributed by atoms with van der Waals surface area (Å²) >= 11 is 1.36. The molecule has 32 heavy (non-hydrogen) atoms. The summed E-state index contributed by atoms with van der Waals surface area (Å²) in [5.41, 5.74) is 1.25. The summed E-state index contributed by atoms with van der Waals surface area (Å²) in [7, 11) is 4.74. The number of aromatic nitrogens is 4. The molecule has 0 spiro atoms. The van der Waals surface area contributed by atoms with E-state index in [4.69, 9.17) is 18.6 Å². The van der Waals surface area contributed by atoms with Crippen LogP contribution in [0.1, 0.15) is 5.89 Å². The second-order valence-electron chi connectivity index (χ2n) is 6.72. The second kappa shape index (κ2) is 9.84. The Morgan fingerprint density at radius 1 is 1.03 bits per heavy atom. The van der Waals surface area contributed by atoms with Crippen LogP contribution >= 0.6 is 11.8 Å². The van der Waals surface area contributed by atoms with Crippen molar-refractivity contribution in [3.8, 4) is 23.0 Å². The fourth-order valence-corrected chi connectivity index (χ4v) is 4.02. The number of ether oxygens (including phenoxy) is 3. The van der Waals surface area contributed by atoms with Gasteiger partial charge in [-0.25, -0.2) is 4.98 Å². The molecular weight excluding hydrogens is 432 g/mol. The molecule has 0 fully saturated rings. The van der Waals surface area contributed by atoms with Crippen molar-refractivity contribution in [2.24, 2.45) is 0 Å². The van der Waals surface area contributed by atoms with Crippen molar-refractivity contribution < 1.29 is 18.6 Å². The normalized spacial score (nSPS) is 11.1. The number of nitrogens with zero attached hydrogens (tertiary/aromatic N) is 4. The van der Waals surface area contributed by atoms with Crippen LogP contribution in [0.5, 0.6) is 11.5 Å². The van der Waals surface area contributed by atoms with Gasteiger partial charge >= 0.3 is 0 Å². The molecule has 4 rings (SSSR count). The van der Waals surface area contributed by atoms with Crippen LogP contribution in [-0.4, -0.2) is 47.7 Å². The van der Waals surface area contributed by atoms with Crippen LogP contribution in [0.2, 0.25) is 0 Å². The molecule has 0 atom stereocenters. The summed E-state index contributed by atoms with van der Waals surface area (Å²) in [5, 5.41) is 9.40. The van der Waals surface area contributed by atoms with Gasteiger partial charge in [-0.2, -0.15) is 0 Å². The number of hydrogen-bond donors (Lipinski definition) is 0. The number of para-hydroxylation sites is 1. The fourth-order valence-electron chi connectivity index (χ4n) is 3.16. The highest BCUT2D eigenvalue weighted by atomic mass is 32.2. The molecule has 2 aromatic heterocycles. The Labute approximate surface area is 188 Å². The van der Waals surface area contributed by atoms with Crippen molar-refractivity contribution in [2.45, 2.75) is 17.5 Å². The molecule has 0 bridgehead atoms. The number of benzene rings is 2. The van der Waals surface area contributed by atoms with Crippen LogP contribution in [0.3, 0.4) is 0 Å². The van der Waals surface area contributed by atoms with Gasteiger partial charge in [0.1, 0.15) is 0 Å². The van der Waals surface area contributed by atoms with Gasteiger partial charge in [0.05, 0.1) is 44.0 Å². The smallest absolute Gasteiger partial charge is 0.262 e. The summed E-state index contributed by atoms with van der Waals surface area (Å²) < 4.78 is 23.2. The lowest BCUT2D eigenvalue weighted by atomic mass is 10.2. The van der Waals surface area contributed by atoms with Crippen molar-refractivity contribution >= 4 is 22.7 Å². The van der Waals surface area contributed by atoms with Crippen LogP contribution in [0.25, 0.3) is 22.4 Å². The quantitative estimate of drug-likeness (QED) is 0.278. The molecule has 0 saturated carbocycles. The van der Waals surface area contributed by atoms with Gasteiger partial charge in [-0.15, -0.1) is 10.2 Å². The van der Waals surface area contributed by atoms with E-state index in [0.717, 1.165) is 0 Å². The van der Waals surface area contributed by atoms with Gasteiger partial charge in [-0.3, -0.25) is 9.36 Å². The summed E-state index contributed by atoms with van der Waals surface area (Å²) in [4.78, 5) is 17.6. The van der Waals surface area contributed by atoms with Gasteiger partial charge in [0.15, 0.2) is 16.7 Å². The zero-order chi connectivity index (χ0) is 22.5. The van der Waals surface area contributed by atoms with Gasteiger partial charge in [-0.1, -0.05) is 23.9 Å². The zero-order valence-corrected chi connectivity index (χ0v) is 18.7. The third-order valence-electron chi connectivity index (χ3n) is 4.77. The van der Waals surface area contributed by atoms with Crippen molar-refractivity contribution in [2.75, 3.05) is 27.9 Å². The molecule has 0 aliphatic heterocycles. The van der Waals surface area contributed by atoms with E-state index in [1.807, 2.05) is 24.3 Å². The summed E-state index contributed by atoms with van der Waals surface area (Å²) in [6.07, 6.45) is 0. The average molecular weight is 455 g/mol. The lowest BCUT2D eigenvalue weighted by Crippen LogP contribution is -2.25. The first-order valence-corrected chi connectivity index (χ1v) is 10.8. The number of hydrogen-bond acceptors (Lipinski definition) is 9. The van der Waals surface area contributed by atoms with Crippen molar-refractivity contribution in [1.29, 1.82) is 0 Å². The molecular formula is C22H22N4O5S. The number of thioether (sulfide) groups is 1. The van der Waals surface area contributed by atoms with E-state index in [9.17, 15) is 4.79 Å². The van der Waals surface area contributed by atoms with Gasteiger partial charge in [0, 0.05) is 12.7 Å². The van der Waals surface area contributed by atoms with Crippen LogP contribution in [0.4, 0.5) is 0 Å². The SMILES string of the molecule is COCCn1c(SCc2nnc(-c3ccc(OC)c(OC)c3)o2)nc2ccccc2c1=O. The highest BCUT2D eigenvalue weighted by molar-refractivity contribution is 7.98. The lowest BCUT2D eigenvalue weighted by molar-refractivity contribution is 0.183. The highest BCUT2D eigenvalue weighted by Crippen LogP contribution is 2.32. The van der Waals surface area contributed by atoms with E-state index in [-0.39, 0.29) is 5.56 Å². The van der Waals surface area contributed by atoms with E-state index < -0.39 is 0 Å². The Morgan fingerprint density at radius 2 is 1.84 bits per heavy atom. The van der Waals surface area contributed by atoms with E-state index in [1.54, 1.807) is 44.1 Å². The molecule has 0 N–H and O–H groups in total. The number of rotatable bonds is 9. The molecule has 0 amide bonds. The minimum absolute atomic E-state index is 0.105. The Balaban J connectivity index is 1.58. The van der Waals surface area contributed by atoms with E-state index >= 15 is 0 Å². The predicted octanol–water partition coefficient (Wildman–Crippen LogP) is 3.40. The molecule has 0 radical (unpaired) electrons. The maximum absolute atomic E-state index is 12.9. The molecule has 2 aromatic carbocycles. The van der Waals surface area contributed by atoms with Crippen LogP contribution in [0, 0.1) is 0 Å². The van der Waals surface area contributed by atoms with Crippen molar-refractivity contribution in [3.05, 3.63) is 58.7 Å². The Morgan fingerprint density at radius 3 is 2.62 bits per heavy atom. The van der Waals surface area contributed by atoms with Gasteiger partial charge in [0.25, 0.3) is 5.56 Å². The maximum Gasteiger partial charge on any atom is 0.262 e. The zero-order valence-electron chi connectivity index (χ0n) is 17.9. The molecule has 0 saturated heterocycles. The standard InChI is InChI=1S/C22H22N4O5S/c1-28-11-10-26-21(27)15-6-4-5-7-16(15)23-22(26)32-13-19-24-25-20(31-19)14-8-9-17(29-2)18(12-14)30-3/h4-9,12H,10-11,13H2,1-3H3. The molecule has 0 aliphatic carbocycles. The predicted molar refractivity (Wildman–Crippen MR) is 120 cm³/mol. The Bertz CT molecular complexity index is 1290. The van der Waals surface area contributed by atoms with Crippen molar-refractivity contribution in [3.63, 3.8) is 0 Å². The third kappa shape index (κ3) is 4.46. The van der Waals surface area contributed by atoms with E-state index in [0.29, 0.717) is 63.8 Å². The number of fused-ring (bicyclic) bond motifs is 1. The molecule has 9 nitrogen and oxygen atoms in total. The maximum atomic E-state index is 12.9. The summed E-state index contributed by atoms with van der Waals surface area (Å²) in [6, 6.07) is 12.7. The fraction of sp³-hybridized carbons (Fsp3) is 0.273. The molecule has 166 valence electrons. The van der Waals surface area contributed by atoms with Crippen molar-refractivity contribution in [1.82, 2.24) is 19.7 Å². The molecule has 0 unspecified atom stereocenters. The molecule has 0 aliphatic rings. The van der Waals surface area contributed by atoms with Gasteiger partial charge in [0.2, 0.25) is 11.8 Å². The second-order valence-corrected chi connectivity index (χ2v) is 7.66. The first kappa shape index (κ1) is 21.8. The van der Waals surface area contributed by atoms with E-state index in [2.05, 4.69) is 15.2 Å². The minimum Gasteiger partial charge on any atom is -0.493 e. The molecule has 10 heteroatoms. The lowest BCUT2D eigenvalue weighted by Gasteiger charge is -2.12. The van der Waals surface area contributed by atoms with Gasteiger partial charge < -0.3 is 18.6 Å². The van der Waals surface area contributed by atoms with Crippen LogP contribution < -0.4 is 15.0 Å². The minimum atomic E-state index is -0.105. The summed E-state index contributed by atoms with van der Waals surface area (Å²) in [6.45, 7) is 0.799. The topological polar surface area (TPSA) is 102 Å². The highest BCUT2D eigenvalue weighted by Gasteiger charge is 2.15. The summed E-state index contributed by atoms with van der Waals surface area (Å²) in [5.74, 6) is 2.33. The third-order valence-corrected chi connectivity index (χ3v) is 5.73. The first-order valence-electron chi connectivity index (χ1n) is 9.80. The van der Waals surface area contributed by atoms with Gasteiger partial charge in [-0.05, 0) is 30.3 Å². The number of methoxy groups -OCH3 is 3. The Hall–Kier alpha value is -3.37. The Kier molecular flexibility index (Phi) is 6.72. The largest absolute Gasteiger partial charge is 0.493 e. The van der Waals surface area contributed by atoms with E-state index in [1.165, 1.54) is 11.8 Å². The monoisotopic (exact) mass is 454 g/mol. The van der Waals surface area contributed by atoms with Crippen LogP contribution in [0.15, 0.2) is 56.8 Å². The van der Waals surface area contributed by atoms with Crippen LogP contribution in [-0.2, 0) is 17.0 Å². The first-order chi connectivity index (χ1) is 15.6. The average Bonchev–Trinajstić information content (AvgIpc) is 3.31.